The summed E-state index contributed by atoms with van der Waals surface area (Å²) in [6.45, 7) is 10.8. The highest BCUT2D eigenvalue weighted by molar-refractivity contribution is 5.47. The first-order valence-electron chi connectivity index (χ1n) is 8.45. The Kier molecular flexibility index (Phi) is 5.83. The molecule has 0 spiro atoms. The maximum Gasteiger partial charge on any atom is 0.135 e. The molecule has 0 amide bonds. The summed E-state index contributed by atoms with van der Waals surface area (Å²) in [5.74, 6) is 4.85. The first-order chi connectivity index (χ1) is 10.1. The molecule has 1 aliphatic rings. The fourth-order valence-electron chi connectivity index (χ4n) is 2.92. The number of aromatic nitrogens is 2. The highest BCUT2D eigenvalue weighted by Crippen LogP contribution is 2.30. The zero-order valence-electron chi connectivity index (χ0n) is 13.9. The Morgan fingerprint density at radius 3 is 2.48 bits per heavy atom. The van der Waals surface area contributed by atoms with E-state index in [1.165, 1.54) is 19.3 Å². The number of nitrogens with zero attached hydrogens (tertiary/aromatic N) is 2. The number of hydrogen-bond donors (Lipinski definition) is 2. The molecule has 0 saturated heterocycles. The molecule has 0 aliphatic heterocycles. The fourth-order valence-corrected chi connectivity index (χ4v) is 2.92. The van der Waals surface area contributed by atoms with Crippen molar-refractivity contribution in [2.75, 3.05) is 23.7 Å². The lowest BCUT2D eigenvalue weighted by atomic mass is 10.1. The van der Waals surface area contributed by atoms with Gasteiger partial charge in [0.15, 0.2) is 0 Å². The third-order valence-electron chi connectivity index (χ3n) is 4.19. The second-order valence-electron chi connectivity index (χ2n) is 6.74. The molecule has 1 fully saturated rings. The van der Waals surface area contributed by atoms with Gasteiger partial charge in [-0.3, -0.25) is 0 Å². The average molecular weight is 290 g/mol. The summed E-state index contributed by atoms with van der Waals surface area (Å²) >= 11 is 0. The number of hydrogen-bond acceptors (Lipinski definition) is 4. The van der Waals surface area contributed by atoms with Gasteiger partial charge in [-0.1, -0.05) is 34.1 Å². The van der Waals surface area contributed by atoms with Crippen LogP contribution in [0.4, 0.5) is 11.6 Å². The predicted molar refractivity (Wildman–Crippen MR) is 89.9 cm³/mol. The molecular weight excluding hydrogens is 260 g/mol. The van der Waals surface area contributed by atoms with E-state index in [9.17, 15) is 0 Å². The van der Waals surface area contributed by atoms with Gasteiger partial charge >= 0.3 is 0 Å². The van der Waals surface area contributed by atoms with E-state index < -0.39 is 0 Å². The largest absolute Gasteiger partial charge is 0.370 e. The molecule has 4 nitrogen and oxygen atoms in total. The molecule has 2 N–H and O–H groups in total. The van der Waals surface area contributed by atoms with E-state index in [0.29, 0.717) is 5.92 Å². The maximum atomic E-state index is 4.66. The van der Waals surface area contributed by atoms with Crippen molar-refractivity contribution in [3.05, 3.63) is 11.9 Å². The normalized spacial score (nSPS) is 21.8. The predicted octanol–water partition coefficient (Wildman–Crippen LogP) is 4.27. The fraction of sp³-hybridized carbons (Fsp3) is 0.765. The van der Waals surface area contributed by atoms with Crippen molar-refractivity contribution < 1.29 is 0 Å². The Labute approximate surface area is 129 Å². The maximum absolute atomic E-state index is 4.66. The van der Waals surface area contributed by atoms with Gasteiger partial charge in [-0.05, 0) is 31.1 Å². The van der Waals surface area contributed by atoms with Crippen LogP contribution in [0, 0.1) is 11.8 Å². The topological polar surface area (TPSA) is 49.8 Å². The van der Waals surface area contributed by atoms with Crippen LogP contribution < -0.4 is 10.6 Å². The molecule has 2 atom stereocenters. The highest BCUT2D eigenvalue weighted by atomic mass is 15.1. The molecule has 1 aromatic heterocycles. The lowest BCUT2D eigenvalue weighted by molar-refractivity contribution is 0.536. The molecule has 0 bridgehead atoms. The molecule has 2 rings (SSSR count). The Morgan fingerprint density at radius 1 is 1.19 bits per heavy atom. The van der Waals surface area contributed by atoms with Crippen LogP contribution in [-0.4, -0.2) is 23.1 Å². The third-order valence-corrected chi connectivity index (χ3v) is 4.19. The van der Waals surface area contributed by atoms with Crippen LogP contribution in [0.25, 0.3) is 0 Å². The lowest BCUT2D eigenvalue weighted by Crippen LogP contribution is -2.14. The van der Waals surface area contributed by atoms with Gasteiger partial charge < -0.3 is 10.6 Å². The average Bonchev–Trinajstić information content (AvgIpc) is 2.88. The summed E-state index contributed by atoms with van der Waals surface area (Å²) in [6, 6.07) is 2.04. The first-order valence-corrected chi connectivity index (χ1v) is 8.45. The summed E-state index contributed by atoms with van der Waals surface area (Å²) in [5.41, 5.74) is 0. The van der Waals surface area contributed by atoms with Gasteiger partial charge in [-0.15, -0.1) is 0 Å². The van der Waals surface area contributed by atoms with Gasteiger partial charge in [0.2, 0.25) is 0 Å². The summed E-state index contributed by atoms with van der Waals surface area (Å²) in [7, 11) is 0. The van der Waals surface area contributed by atoms with Crippen molar-refractivity contribution in [3.63, 3.8) is 0 Å². The van der Waals surface area contributed by atoms with E-state index in [4.69, 9.17) is 0 Å². The van der Waals surface area contributed by atoms with Gasteiger partial charge in [0.25, 0.3) is 0 Å². The minimum absolute atomic E-state index is 0.348. The second-order valence-corrected chi connectivity index (χ2v) is 6.74. The van der Waals surface area contributed by atoms with Crippen molar-refractivity contribution in [1.82, 2.24) is 9.97 Å². The molecule has 2 unspecified atom stereocenters. The molecule has 118 valence electrons. The van der Waals surface area contributed by atoms with Crippen molar-refractivity contribution in [2.24, 2.45) is 11.8 Å². The molecular formula is C17H30N4. The molecule has 1 aromatic rings. The quantitative estimate of drug-likeness (QED) is 0.787. The monoisotopic (exact) mass is 290 g/mol. The van der Waals surface area contributed by atoms with Crippen LogP contribution in [0.1, 0.15) is 65.1 Å². The van der Waals surface area contributed by atoms with Crippen LogP contribution in [-0.2, 0) is 0 Å². The van der Waals surface area contributed by atoms with E-state index in [-0.39, 0.29) is 0 Å². The van der Waals surface area contributed by atoms with Crippen LogP contribution in [0.2, 0.25) is 0 Å². The number of rotatable bonds is 7. The first kappa shape index (κ1) is 16.1. The molecule has 4 heteroatoms. The van der Waals surface area contributed by atoms with Crippen LogP contribution in [0.5, 0.6) is 0 Å². The van der Waals surface area contributed by atoms with Gasteiger partial charge in [0.05, 0.1) is 0 Å². The minimum atomic E-state index is 0.348. The summed E-state index contributed by atoms with van der Waals surface area (Å²) < 4.78 is 0. The summed E-state index contributed by atoms with van der Waals surface area (Å²) in [5, 5.41) is 6.90. The van der Waals surface area contributed by atoms with Gasteiger partial charge in [0, 0.05) is 25.1 Å². The molecule has 1 saturated carbocycles. The van der Waals surface area contributed by atoms with Crippen molar-refractivity contribution in [2.45, 2.75) is 59.3 Å². The van der Waals surface area contributed by atoms with Crippen LogP contribution in [0.3, 0.4) is 0 Å². The van der Waals surface area contributed by atoms with Crippen molar-refractivity contribution >= 4 is 11.6 Å². The Hall–Kier alpha value is -1.32. The highest BCUT2D eigenvalue weighted by Gasteiger charge is 2.21. The third kappa shape index (κ3) is 4.87. The van der Waals surface area contributed by atoms with E-state index in [1.54, 1.807) is 0 Å². The Morgan fingerprint density at radius 2 is 1.90 bits per heavy atom. The smallest absolute Gasteiger partial charge is 0.135 e. The standard InChI is InChI=1S/C17H30N4/c1-5-8-18-15-10-16(21-17(20-15)12(2)3)19-11-14-7-6-13(4)9-14/h10,12-14H,5-9,11H2,1-4H3,(H2,18,19,20,21). The van der Waals surface area contributed by atoms with Crippen molar-refractivity contribution in [3.8, 4) is 0 Å². The van der Waals surface area contributed by atoms with Crippen molar-refractivity contribution in [1.29, 1.82) is 0 Å². The second kappa shape index (κ2) is 7.62. The van der Waals surface area contributed by atoms with Crippen LogP contribution >= 0.6 is 0 Å². The summed E-state index contributed by atoms with van der Waals surface area (Å²) in [6.07, 6.45) is 5.16. The molecule has 1 aliphatic carbocycles. The number of nitrogens with one attached hydrogen (secondary N) is 2. The Balaban J connectivity index is 2.01. The van der Waals surface area contributed by atoms with E-state index in [2.05, 4.69) is 48.3 Å². The van der Waals surface area contributed by atoms with E-state index >= 15 is 0 Å². The zero-order valence-corrected chi connectivity index (χ0v) is 13.9. The SMILES string of the molecule is CCCNc1cc(NCC2CCC(C)C2)nc(C(C)C)n1. The van der Waals surface area contributed by atoms with E-state index in [1.807, 2.05) is 6.07 Å². The zero-order chi connectivity index (χ0) is 15.2. The molecule has 0 radical (unpaired) electrons. The van der Waals surface area contributed by atoms with Crippen LogP contribution in [0.15, 0.2) is 6.07 Å². The number of anilines is 2. The molecule has 21 heavy (non-hydrogen) atoms. The van der Waals surface area contributed by atoms with Gasteiger partial charge in [0.1, 0.15) is 17.5 Å². The molecule has 0 aromatic carbocycles. The summed E-state index contributed by atoms with van der Waals surface area (Å²) in [4.78, 5) is 9.26. The van der Waals surface area contributed by atoms with E-state index in [0.717, 1.165) is 48.8 Å². The lowest BCUT2D eigenvalue weighted by Gasteiger charge is -2.15. The van der Waals surface area contributed by atoms with Gasteiger partial charge in [-0.2, -0.15) is 0 Å². The molecule has 1 heterocycles. The minimum Gasteiger partial charge on any atom is -0.370 e. The Bertz CT molecular complexity index is 444. The van der Waals surface area contributed by atoms with Gasteiger partial charge in [-0.25, -0.2) is 9.97 Å².